The number of hydrogen-bond acceptors (Lipinski definition) is 4. The second-order valence-electron chi connectivity index (χ2n) is 4.62. The van der Waals surface area contributed by atoms with E-state index in [1.807, 2.05) is 0 Å². The average Bonchev–Trinajstić information content (AvgIpc) is 3.15. The van der Waals surface area contributed by atoms with E-state index in [1.54, 1.807) is 12.1 Å². The fourth-order valence-electron chi connectivity index (χ4n) is 1.77. The summed E-state index contributed by atoms with van der Waals surface area (Å²) in [6.45, 7) is 0.215. The van der Waals surface area contributed by atoms with Crippen LogP contribution in [0.5, 0.6) is 0 Å². The smallest absolute Gasteiger partial charge is 0.390 e. The molecule has 2 heterocycles. The van der Waals surface area contributed by atoms with Gasteiger partial charge in [0.1, 0.15) is 5.82 Å². The van der Waals surface area contributed by atoms with Crippen LogP contribution >= 0.6 is 0 Å². The highest BCUT2D eigenvalue weighted by Crippen LogP contribution is 2.18. The molecule has 0 aliphatic heterocycles. The molecule has 0 spiro atoms. The molecule has 0 bridgehead atoms. The van der Waals surface area contributed by atoms with Gasteiger partial charge < -0.3 is 15.1 Å². The van der Waals surface area contributed by atoms with Gasteiger partial charge in [-0.25, -0.2) is 4.98 Å². The minimum atomic E-state index is -4.19. The molecule has 2 aromatic heterocycles. The van der Waals surface area contributed by atoms with Crippen LogP contribution in [0.1, 0.15) is 12.2 Å². The highest BCUT2D eigenvalue weighted by Gasteiger charge is 2.26. The van der Waals surface area contributed by atoms with Gasteiger partial charge >= 0.3 is 6.18 Å². The minimum absolute atomic E-state index is 0.228. The number of hydrogen-bond donors (Lipinski definition) is 3. The van der Waals surface area contributed by atoms with Crippen LogP contribution in [0.3, 0.4) is 0 Å². The van der Waals surface area contributed by atoms with Crippen molar-refractivity contribution in [2.45, 2.75) is 19.0 Å². The number of aromatic nitrogens is 3. The molecular formula is C13H17F3N6O. The second-order valence-corrected chi connectivity index (χ2v) is 4.62. The molecule has 0 aromatic carbocycles. The van der Waals surface area contributed by atoms with Crippen LogP contribution in [0.4, 0.5) is 13.2 Å². The summed E-state index contributed by atoms with van der Waals surface area (Å²) in [6, 6.07) is 3.49. The van der Waals surface area contributed by atoms with Crippen LogP contribution in [-0.2, 0) is 6.42 Å². The number of H-pyrrole nitrogens is 1. The van der Waals surface area contributed by atoms with Gasteiger partial charge in [-0.15, -0.1) is 0 Å². The summed E-state index contributed by atoms with van der Waals surface area (Å²) < 4.78 is 41.4. The summed E-state index contributed by atoms with van der Waals surface area (Å²) in [6.07, 6.45) is -3.06. The molecule has 0 aliphatic rings. The first-order valence-electron chi connectivity index (χ1n) is 6.94. The second kappa shape index (κ2) is 7.65. The maximum absolute atomic E-state index is 12.1. The van der Waals surface area contributed by atoms with E-state index < -0.39 is 12.6 Å². The molecule has 2 aromatic rings. The normalized spacial score (nSPS) is 12.4. The third-order valence-electron chi connectivity index (χ3n) is 2.85. The van der Waals surface area contributed by atoms with Crippen LogP contribution in [0, 0.1) is 0 Å². The predicted molar refractivity (Wildman–Crippen MR) is 77.8 cm³/mol. The molecule has 0 radical (unpaired) electrons. The Kier molecular flexibility index (Phi) is 5.61. The highest BCUT2D eigenvalue weighted by atomic mass is 19.4. The van der Waals surface area contributed by atoms with Crippen molar-refractivity contribution in [3.8, 4) is 11.6 Å². The zero-order valence-corrected chi connectivity index (χ0v) is 12.4. The number of nitrogens with zero attached hydrogens (tertiary/aromatic N) is 3. The predicted octanol–water partition coefficient (Wildman–Crippen LogP) is 1.72. The van der Waals surface area contributed by atoms with E-state index in [0.717, 1.165) is 0 Å². The van der Waals surface area contributed by atoms with Crippen LogP contribution < -0.4 is 10.6 Å². The first-order valence-corrected chi connectivity index (χ1v) is 6.94. The van der Waals surface area contributed by atoms with Crippen molar-refractivity contribution in [1.82, 2.24) is 25.8 Å². The number of furan rings is 1. The number of aromatic amines is 1. The van der Waals surface area contributed by atoms with Crippen LogP contribution in [-0.4, -0.2) is 47.5 Å². The van der Waals surface area contributed by atoms with E-state index in [-0.39, 0.29) is 6.54 Å². The first-order chi connectivity index (χ1) is 11.0. The molecule has 126 valence electrons. The lowest BCUT2D eigenvalue weighted by Gasteiger charge is -2.12. The summed E-state index contributed by atoms with van der Waals surface area (Å²) in [4.78, 5) is 8.11. The Labute approximate surface area is 130 Å². The Bertz CT molecular complexity index is 620. The Morgan fingerprint density at radius 3 is 2.78 bits per heavy atom. The Hall–Kier alpha value is -2.52. The minimum Gasteiger partial charge on any atom is -0.461 e. The summed E-state index contributed by atoms with van der Waals surface area (Å²) in [5.74, 6) is 1.96. The van der Waals surface area contributed by atoms with Crippen molar-refractivity contribution >= 4 is 5.96 Å². The number of nitrogens with one attached hydrogen (secondary N) is 3. The van der Waals surface area contributed by atoms with Gasteiger partial charge in [-0.1, -0.05) is 0 Å². The zero-order valence-electron chi connectivity index (χ0n) is 12.4. The van der Waals surface area contributed by atoms with E-state index in [2.05, 4.69) is 30.8 Å². The standard InChI is InChI=1S/C13H17F3N6O/c1-17-12(19-7-5-13(14,15)16)18-6-4-10-20-11(22-21-10)9-3-2-8-23-9/h2-3,8H,4-7H2,1H3,(H2,17,18,19)(H,20,21,22). The molecule has 3 N–H and O–H groups in total. The van der Waals surface area contributed by atoms with Gasteiger partial charge in [0, 0.05) is 26.6 Å². The molecule has 23 heavy (non-hydrogen) atoms. The number of rotatable bonds is 6. The van der Waals surface area contributed by atoms with Gasteiger partial charge in [0.05, 0.1) is 12.7 Å². The van der Waals surface area contributed by atoms with Crippen molar-refractivity contribution in [3.63, 3.8) is 0 Å². The summed E-state index contributed by atoms with van der Waals surface area (Å²) in [5, 5.41) is 12.3. The van der Waals surface area contributed by atoms with Crippen LogP contribution in [0.15, 0.2) is 27.8 Å². The molecule has 0 saturated heterocycles. The fourth-order valence-corrected chi connectivity index (χ4v) is 1.77. The Morgan fingerprint density at radius 2 is 2.13 bits per heavy atom. The van der Waals surface area contributed by atoms with Crippen molar-refractivity contribution in [1.29, 1.82) is 0 Å². The molecule has 10 heteroatoms. The van der Waals surface area contributed by atoms with Crippen LogP contribution in [0.25, 0.3) is 11.6 Å². The van der Waals surface area contributed by atoms with Crippen molar-refractivity contribution in [2.24, 2.45) is 4.99 Å². The van der Waals surface area contributed by atoms with Crippen LogP contribution in [0.2, 0.25) is 0 Å². The lowest BCUT2D eigenvalue weighted by Crippen LogP contribution is -2.39. The maximum Gasteiger partial charge on any atom is 0.390 e. The molecular weight excluding hydrogens is 313 g/mol. The van der Waals surface area contributed by atoms with Gasteiger partial charge in [-0.2, -0.15) is 18.3 Å². The first kappa shape index (κ1) is 16.8. The van der Waals surface area contributed by atoms with Crippen molar-refractivity contribution < 1.29 is 17.6 Å². The van der Waals surface area contributed by atoms with E-state index in [0.29, 0.717) is 36.3 Å². The SMILES string of the molecule is CN=C(NCCc1nc(-c2ccco2)n[nH]1)NCCC(F)(F)F. The number of halogens is 3. The van der Waals surface area contributed by atoms with E-state index in [1.165, 1.54) is 13.3 Å². The highest BCUT2D eigenvalue weighted by molar-refractivity contribution is 5.79. The lowest BCUT2D eigenvalue weighted by molar-refractivity contribution is -0.132. The quantitative estimate of drug-likeness (QED) is 0.554. The average molecular weight is 330 g/mol. The Morgan fingerprint density at radius 1 is 1.35 bits per heavy atom. The molecule has 0 fully saturated rings. The monoisotopic (exact) mass is 330 g/mol. The van der Waals surface area contributed by atoms with E-state index in [4.69, 9.17) is 4.42 Å². The number of aliphatic imine (C=N–C) groups is 1. The maximum atomic E-state index is 12.1. The van der Waals surface area contributed by atoms with Gasteiger partial charge in [-0.05, 0) is 12.1 Å². The number of alkyl halides is 3. The van der Waals surface area contributed by atoms with Crippen molar-refractivity contribution in [3.05, 3.63) is 24.2 Å². The van der Waals surface area contributed by atoms with E-state index >= 15 is 0 Å². The topological polar surface area (TPSA) is 91.1 Å². The van der Waals surface area contributed by atoms with Crippen molar-refractivity contribution in [2.75, 3.05) is 20.1 Å². The summed E-state index contributed by atoms with van der Waals surface area (Å²) in [5.41, 5.74) is 0. The fraction of sp³-hybridized carbons (Fsp3) is 0.462. The zero-order chi connectivity index (χ0) is 16.7. The largest absolute Gasteiger partial charge is 0.461 e. The lowest BCUT2D eigenvalue weighted by atomic mass is 10.4. The van der Waals surface area contributed by atoms with Gasteiger partial charge in [0.25, 0.3) is 0 Å². The molecule has 0 amide bonds. The van der Waals surface area contributed by atoms with Gasteiger partial charge in [0.15, 0.2) is 11.7 Å². The summed E-state index contributed by atoms with van der Waals surface area (Å²) in [7, 11) is 1.49. The summed E-state index contributed by atoms with van der Waals surface area (Å²) >= 11 is 0. The molecule has 0 aliphatic carbocycles. The van der Waals surface area contributed by atoms with Gasteiger partial charge in [-0.3, -0.25) is 10.1 Å². The molecule has 0 atom stereocenters. The van der Waals surface area contributed by atoms with Gasteiger partial charge in [0.2, 0.25) is 5.82 Å². The Balaban J connectivity index is 1.73. The third kappa shape index (κ3) is 5.64. The van der Waals surface area contributed by atoms with E-state index in [9.17, 15) is 13.2 Å². The molecule has 0 unspecified atom stereocenters. The molecule has 0 saturated carbocycles. The molecule has 2 rings (SSSR count). The number of guanidine groups is 1. The molecule has 7 nitrogen and oxygen atoms in total. The third-order valence-corrected chi connectivity index (χ3v) is 2.85.